The first-order valence-electron chi connectivity index (χ1n) is 7.07. The lowest BCUT2D eigenvalue weighted by atomic mass is 9.77. The van der Waals surface area contributed by atoms with E-state index in [0.29, 0.717) is 5.92 Å². The fourth-order valence-electron chi connectivity index (χ4n) is 2.78. The van der Waals surface area contributed by atoms with Crippen molar-refractivity contribution in [1.82, 2.24) is 0 Å². The molecule has 0 saturated heterocycles. The van der Waals surface area contributed by atoms with Crippen LogP contribution in [0.4, 0.5) is 0 Å². The molecule has 2 aromatic carbocycles. The lowest BCUT2D eigenvalue weighted by Crippen LogP contribution is -2.15. The maximum atomic E-state index is 12.9. The number of carbonyl (C=O) groups is 1. The molecule has 1 aliphatic carbocycles. The van der Waals surface area contributed by atoms with Gasteiger partial charge in [-0.15, -0.1) is 0 Å². The van der Waals surface area contributed by atoms with E-state index in [1.807, 2.05) is 43.3 Å². The highest BCUT2D eigenvalue weighted by atomic mass is 79.9. The van der Waals surface area contributed by atoms with Gasteiger partial charge in [0, 0.05) is 15.6 Å². The van der Waals surface area contributed by atoms with Crippen LogP contribution in [-0.4, -0.2) is 5.78 Å². The Labute approximate surface area is 128 Å². The Hall–Kier alpha value is -1.41. The van der Waals surface area contributed by atoms with E-state index in [1.54, 1.807) is 0 Å². The predicted octanol–water partition coefficient (Wildman–Crippen LogP) is 5.26. The van der Waals surface area contributed by atoms with Crippen LogP contribution < -0.4 is 0 Å². The summed E-state index contributed by atoms with van der Waals surface area (Å²) >= 11 is 3.51. The maximum absolute atomic E-state index is 12.9. The molecule has 1 saturated carbocycles. The number of carbonyl (C=O) groups excluding carboxylic acids is 1. The molecule has 2 heteroatoms. The number of benzene rings is 2. The second-order valence-electron chi connectivity index (χ2n) is 5.46. The summed E-state index contributed by atoms with van der Waals surface area (Å²) in [5.41, 5.74) is 3.91. The van der Waals surface area contributed by atoms with Crippen molar-refractivity contribution in [2.75, 3.05) is 0 Å². The smallest absolute Gasteiger partial charge is 0.193 e. The molecule has 102 valence electrons. The van der Waals surface area contributed by atoms with Gasteiger partial charge < -0.3 is 0 Å². The molecule has 0 spiro atoms. The van der Waals surface area contributed by atoms with Crippen molar-refractivity contribution in [3.63, 3.8) is 0 Å². The summed E-state index contributed by atoms with van der Waals surface area (Å²) in [5.74, 6) is 0.717. The Bertz CT molecular complexity index is 656. The lowest BCUT2D eigenvalue weighted by Gasteiger charge is -2.27. The molecule has 0 heterocycles. The molecule has 0 radical (unpaired) electrons. The Morgan fingerprint density at radius 2 is 1.75 bits per heavy atom. The van der Waals surface area contributed by atoms with Gasteiger partial charge in [0.05, 0.1) is 0 Å². The van der Waals surface area contributed by atoms with Crippen LogP contribution in [0, 0.1) is 6.92 Å². The van der Waals surface area contributed by atoms with Gasteiger partial charge in [-0.05, 0) is 42.9 Å². The van der Waals surface area contributed by atoms with Crippen LogP contribution in [0.1, 0.15) is 52.2 Å². The van der Waals surface area contributed by atoms with Crippen molar-refractivity contribution in [3.8, 4) is 0 Å². The van der Waals surface area contributed by atoms with Gasteiger partial charge in [-0.1, -0.05) is 58.7 Å². The van der Waals surface area contributed by atoms with Gasteiger partial charge in [0.25, 0.3) is 0 Å². The van der Waals surface area contributed by atoms with E-state index >= 15 is 0 Å². The van der Waals surface area contributed by atoms with Crippen LogP contribution in [0.3, 0.4) is 0 Å². The topological polar surface area (TPSA) is 17.1 Å². The third kappa shape index (κ3) is 2.33. The molecular formula is C18H17BrO. The molecule has 0 aliphatic heterocycles. The van der Waals surface area contributed by atoms with Crippen molar-refractivity contribution >= 4 is 21.7 Å². The zero-order chi connectivity index (χ0) is 14.1. The minimum atomic E-state index is 0.145. The van der Waals surface area contributed by atoms with Crippen molar-refractivity contribution in [2.24, 2.45) is 0 Å². The summed E-state index contributed by atoms with van der Waals surface area (Å²) < 4.78 is 0.990. The van der Waals surface area contributed by atoms with Crippen molar-refractivity contribution in [3.05, 3.63) is 69.2 Å². The standard InChI is InChI=1S/C18H17BrO/c1-12-14(10-5-11-17(12)19)18(20)16-9-3-2-8-15(16)13-6-4-7-13/h2-3,5,8-11,13H,4,6-7H2,1H3. The second-order valence-corrected chi connectivity index (χ2v) is 6.31. The van der Waals surface area contributed by atoms with Gasteiger partial charge in [-0.25, -0.2) is 0 Å². The summed E-state index contributed by atoms with van der Waals surface area (Å²) in [6.07, 6.45) is 3.70. The van der Waals surface area contributed by atoms with Crippen LogP contribution in [0.5, 0.6) is 0 Å². The molecule has 20 heavy (non-hydrogen) atoms. The molecule has 3 rings (SSSR count). The van der Waals surface area contributed by atoms with Crippen LogP contribution >= 0.6 is 15.9 Å². The first-order chi connectivity index (χ1) is 9.68. The average Bonchev–Trinajstić information content (AvgIpc) is 2.40. The van der Waals surface area contributed by atoms with E-state index in [-0.39, 0.29) is 5.78 Å². The van der Waals surface area contributed by atoms with Gasteiger partial charge in [-0.2, -0.15) is 0 Å². The number of hydrogen-bond donors (Lipinski definition) is 0. The molecular weight excluding hydrogens is 312 g/mol. The van der Waals surface area contributed by atoms with Gasteiger partial charge >= 0.3 is 0 Å². The molecule has 0 aromatic heterocycles. The predicted molar refractivity (Wildman–Crippen MR) is 85.3 cm³/mol. The van der Waals surface area contributed by atoms with E-state index in [4.69, 9.17) is 0 Å². The van der Waals surface area contributed by atoms with Crippen molar-refractivity contribution < 1.29 is 4.79 Å². The Balaban J connectivity index is 2.04. The molecule has 0 atom stereocenters. The lowest BCUT2D eigenvalue weighted by molar-refractivity contribution is 0.103. The highest BCUT2D eigenvalue weighted by Gasteiger charge is 2.25. The molecule has 0 unspecified atom stereocenters. The zero-order valence-corrected chi connectivity index (χ0v) is 13.1. The van der Waals surface area contributed by atoms with Crippen molar-refractivity contribution in [1.29, 1.82) is 0 Å². The van der Waals surface area contributed by atoms with E-state index in [1.165, 1.54) is 24.8 Å². The molecule has 0 amide bonds. The Kier molecular flexibility index (Phi) is 3.75. The van der Waals surface area contributed by atoms with E-state index < -0.39 is 0 Å². The minimum Gasteiger partial charge on any atom is -0.289 e. The fourth-order valence-corrected chi connectivity index (χ4v) is 3.14. The Morgan fingerprint density at radius 3 is 2.45 bits per heavy atom. The number of hydrogen-bond acceptors (Lipinski definition) is 1. The number of ketones is 1. The number of rotatable bonds is 3. The highest BCUT2D eigenvalue weighted by molar-refractivity contribution is 9.10. The van der Waals surface area contributed by atoms with E-state index in [2.05, 4.69) is 22.0 Å². The van der Waals surface area contributed by atoms with Gasteiger partial charge in [-0.3, -0.25) is 4.79 Å². The molecule has 0 bridgehead atoms. The third-order valence-electron chi connectivity index (χ3n) is 4.26. The summed E-state index contributed by atoms with van der Waals surface area (Å²) in [4.78, 5) is 12.9. The van der Waals surface area contributed by atoms with E-state index in [9.17, 15) is 4.79 Å². The normalized spacial score (nSPS) is 14.9. The SMILES string of the molecule is Cc1c(Br)cccc1C(=O)c1ccccc1C1CCC1. The maximum Gasteiger partial charge on any atom is 0.193 e. The summed E-state index contributed by atoms with van der Waals surface area (Å²) in [7, 11) is 0. The molecule has 0 N–H and O–H groups in total. The monoisotopic (exact) mass is 328 g/mol. The van der Waals surface area contributed by atoms with Gasteiger partial charge in [0.1, 0.15) is 0 Å². The van der Waals surface area contributed by atoms with Crippen LogP contribution in [0.2, 0.25) is 0 Å². The van der Waals surface area contributed by atoms with Crippen LogP contribution in [0.15, 0.2) is 46.9 Å². The minimum absolute atomic E-state index is 0.145. The van der Waals surface area contributed by atoms with Crippen LogP contribution in [-0.2, 0) is 0 Å². The third-order valence-corrected chi connectivity index (χ3v) is 5.12. The number of halogens is 1. The quantitative estimate of drug-likeness (QED) is 0.702. The molecule has 1 aliphatic rings. The van der Waals surface area contributed by atoms with Gasteiger partial charge in [0.2, 0.25) is 0 Å². The summed E-state index contributed by atoms with van der Waals surface area (Å²) in [5, 5.41) is 0. The van der Waals surface area contributed by atoms with E-state index in [0.717, 1.165) is 21.2 Å². The molecule has 1 fully saturated rings. The molecule has 1 nitrogen and oxygen atoms in total. The largest absolute Gasteiger partial charge is 0.289 e. The second kappa shape index (κ2) is 5.53. The summed E-state index contributed by atoms with van der Waals surface area (Å²) in [6, 6.07) is 13.9. The zero-order valence-electron chi connectivity index (χ0n) is 11.5. The van der Waals surface area contributed by atoms with Crippen molar-refractivity contribution in [2.45, 2.75) is 32.1 Å². The first kappa shape index (κ1) is 13.6. The molecule has 2 aromatic rings. The fraction of sp³-hybridized carbons (Fsp3) is 0.278. The van der Waals surface area contributed by atoms with Crippen LogP contribution in [0.25, 0.3) is 0 Å². The average molecular weight is 329 g/mol. The highest BCUT2D eigenvalue weighted by Crippen LogP contribution is 2.38. The summed E-state index contributed by atoms with van der Waals surface area (Å²) in [6.45, 7) is 1.99. The first-order valence-corrected chi connectivity index (χ1v) is 7.86. The van der Waals surface area contributed by atoms with Gasteiger partial charge in [0.15, 0.2) is 5.78 Å². The Morgan fingerprint density at radius 1 is 1.05 bits per heavy atom.